The van der Waals surface area contributed by atoms with Crippen molar-refractivity contribution in [3.63, 3.8) is 0 Å². The zero-order chi connectivity index (χ0) is 15.1. The molecule has 0 N–H and O–H groups in total. The molecule has 0 unspecified atom stereocenters. The molecule has 0 aromatic heterocycles. The molecule has 0 amide bonds. The van der Waals surface area contributed by atoms with E-state index >= 15 is 0 Å². The monoisotopic (exact) mass is 288 g/mol. The predicted octanol–water partition coefficient (Wildman–Crippen LogP) is 4.23. The summed E-state index contributed by atoms with van der Waals surface area (Å²) in [7, 11) is 0. The van der Waals surface area contributed by atoms with E-state index in [2.05, 4.69) is 12.6 Å². The fraction of sp³-hybridized carbons (Fsp3) is 0.500. The predicted molar refractivity (Wildman–Crippen MR) is 83.5 cm³/mol. The molecule has 1 fully saturated rings. The zero-order valence-electron chi connectivity index (χ0n) is 12.7. The number of esters is 1. The molecular formula is C18H24O3. The van der Waals surface area contributed by atoms with Crippen LogP contribution in [0.4, 0.5) is 0 Å². The molecule has 0 aliphatic heterocycles. The van der Waals surface area contributed by atoms with Gasteiger partial charge in [0.1, 0.15) is 18.5 Å². The summed E-state index contributed by atoms with van der Waals surface area (Å²) in [5, 5.41) is 0. The van der Waals surface area contributed by atoms with Crippen LogP contribution in [0.15, 0.2) is 36.9 Å². The van der Waals surface area contributed by atoms with E-state index < -0.39 is 0 Å². The molecule has 1 saturated carbocycles. The minimum Gasteiger partial charge on any atom is -0.489 e. The molecule has 3 nitrogen and oxygen atoms in total. The highest BCUT2D eigenvalue weighted by atomic mass is 16.5. The lowest BCUT2D eigenvalue weighted by atomic mass is 9.81. The Labute approximate surface area is 127 Å². The van der Waals surface area contributed by atoms with Crippen LogP contribution >= 0.6 is 0 Å². The first-order valence-electron chi connectivity index (χ1n) is 7.78. The second kappa shape index (κ2) is 7.87. The fourth-order valence-corrected chi connectivity index (χ4v) is 2.91. The second-order valence-electron chi connectivity index (χ2n) is 5.41. The maximum Gasteiger partial charge on any atom is 0.305 e. The topological polar surface area (TPSA) is 35.5 Å². The Kier molecular flexibility index (Phi) is 5.85. The summed E-state index contributed by atoms with van der Waals surface area (Å²) in [4.78, 5) is 11.6. The summed E-state index contributed by atoms with van der Waals surface area (Å²) in [5.41, 5.74) is 1.15. The first kappa shape index (κ1) is 15.6. The van der Waals surface area contributed by atoms with E-state index in [0.29, 0.717) is 13.0 Å². The third-order valence-electron chi connectivity index (χ3n) is 3.95. The molecule has 21 heavy (non-hydrogen) atoms. The Hall–Kier alpha value is -1.77. The van der Waals surface area contributed by atoms with E-state index in [-0.39, 0.29) is 18.0 Å². The van der Waals surface area contributed by atoms with Crippen LogP contribution in [-0.4, -0.2) is 18.7 Å². The number of ether oxygens (including phenoxy) is 2. The highest BCUT2D eigenvalue weighted by molar-refractivity contribution is 5.69. The van der Waals surface area contributed by atoms with Crippen molar-refractivity contribution in [2.45, 2.75) is 51.0 Å². The van der Waals surface area contributed by atoms with E-state index in [1.54, 1.807) is 6.08 Å². The van der Waals surface area contributed by atoms with Gasteiger partial charge < -0.3 is 9.47 Å². The van der Waals surface area contributed by atoms with E-state index in [9.17, 15) is 4.79 Å². The molecule has 114 valence electrons. The van der Waals surface area contributed by atoms with Crippen LogP contribution in [0.5, 0.6) is 5.75 Å². The van der Waals surface area contributed by atoms with Gasteiger partial charge in [0, 0.05) is 17.9 Å². The average molecular weight is 288 g/mol. The van der Waals surface area contributed by atoms with Crippen molar-refractivity contribution in [1.82, 2.24) is 0 Å². The van der Waals surface area contributed by atoms with Crippen molar-refractivity contribution < 1.29 is 14.3 Å². The first-order valence-corrected chi connectivity index (χ1v) is 7.78. The molecule has 3 heteroatoms. The van der Waals surface area contributed by atoms with Gasteiger partial charge in [-0.25, -0.2) is 0 Å². The number of para-hydroxylation sites is 1. The Morgan fingerprint density at radius 1 is 1.33 bits per heavy atom. The number of carbonyl (C=O) groups is 1. The van der Waals surface area contributed by atoms with Crippen molar-refractivity contribution in [3.8, 4) is 5.75 Å². The van der Waals surface area contributed by atoms with Gasteiger partial charge in [0.25, 0.3) is 0 Å². The van der Waals surface area contributed by atoms with Gasteiger partial charge in [0.2, 0.25) is 0 Å². The molecule has 1 aromatic rings. The van der Waals surface area contributed by atoms with E-state index in [0.717, 1.165) is 30.6 Å². The molecule has 2 rings (SSSR count). The van der Waals surface area contributed by atoms with Crippen LogP contribution in [0.1, 0.15) is 50.5 Å². The lowest BCUT2D eigenvalue weighted by Gasteiger charge is -2.32. The smallest absolute Gasteiger partial charge is 0.305 e. The van der Waals surface area contributed by atoms with Gasteiger partial charge in [0.05, 0.1) is 0 Å². The second-order valence-corrected chi connectivity index (χ2v) is 5.41. The SMILES string of the molecule is C=CCOc1ccccc1[C@@H]1CCCC[C@H]1OC(=O)CC. The summed E-state index contributed by atoms with van der Waals surface area (Å²) < 4.78 is 11.4. The van der Waals surface area contributed by atoms with Crippen LogP contribution in [0, 0.1) is 0 Å². The molecule has 1 aromatic carbocycles. The van der Waals surface area contributed by atoms with Gasteiger partial charge >= 0.3 is 5.97 Å². The molecule has 0 radical (unpaired) electrons. The maximum atomic E-state index is 11.6. The average Bonchev–Trinajstić information content (AvgIpc) is 2.53. The minimum atomic E-state index is -0.114. The van der Waals surface area contributed by atoms with Gasteiger partial charge in [0.15, 0.2) is 0 Å². The van der Waals surface area contributed by atoms with Crippen molar-refractivity contribution in [1.29, 1.82) is 0 Å². The highest BCUT2D eigenvalue weighted by Gasteiger charge is 2.31. The van der Waals surface area contributed by atoms with E-state index in [1.807, 2.05) is 25.1 Å². The summed E-state index contributed by atoms with van der Waals surface area (Å²) in [5.74, 6) is 0.994. The number of benzene rings is 1. The van der Waals surface area contributed by atoms with Gasteiger partial charge in [-0.1, -0.05) is 44.2 Å². The zero-order valence-corrected chi connectivity index (χ0v) is 12.7. The maximum absolute atomic E-state index is 11.6. The van der Waals surface area contributed by atoms with Crippen molar-refractivity contribution in [2.75, 3.05) is 6.61 Å². The van der Waals surface area contributed by atoms with Crippen LogP contribution in [0.2, 0.25) is 0 Å². The number of hydrogen-bond donors (Lipinski definition) is 0. The van der Waals surface area contributed by atoms with Crippen LogP contribution < -0.4 is 4.74 Å². The summed E-state index contributed by atoms with van der Waals surface area (Å²) >= 11 is 0. The Morgan fingerprint density at radius 2 is 2.10 bits per heavy atom. The number of rotatable bonds is 6. The third-order valence-corrected chi connectivity index (χ3v) is 3.95. The van der Waals surface area contributed by atoms with E-state index in [4.69, 9.17) is 9.47 Å². The Bertz CT molecular complexity index is 481. The molecule has 0 saturated heterocycles. The van der Waals surface area contributed by atoms with Crippen molar-refractivity contribution >= 4 is 5.97 Å². The minimum absolute atomic E-state index is 0.0281. The van der Waals surface area contributed by atoms with Gasteiger partial charge in [-0.15, -0.1) is 0 Å². The number of carbonyl (C=O) groups excluding carboxylic acids is 1. The third kappa shape index (κ3) is 4.10. The quantitative estimate of drug-likeness (QED) is 0.580. The lowest BCUT2D eigenvalue weighted by Crippen LogP contribution is -2.28. The molecule has 0 spiro atoms. The summed E-state index contributed by atoms with van der Waals surface area (Å²) in [6, 6.07) is 8.05. The summed E-state index contributed by atoms with van der Waals surface area (Å²) in [6.45, 7) is 6.01. The van der Waals surface area contributed by atoms with Crippen LogP contribution in [0.25, 0.3) is 0 Å². The van der Waals surface area contributed by atoms with Gasteiger partial charge in [-0.05, 0) is 25.3 Å². The van der Waals surface area contributed by atoms with Crippen molar-refractivity contribution in [3.05, 3.63) is 42.5 Å². The van der Waals surface area contributed by atoms with Crippen molar-refractivity contribution in [2.24, 2.45) is 0 Å². The van der Waals surface area contributed by atoms with E-state index in [1.165, 1.54) is 6.42 Å². The molecule has 0 bridgehead atoms. The first-order chi connectivity index (χ1) is 10.3. The molecular weight excluding hydrogens is 264 g/mol. The molecule has 1 aliphatic carbocycles. The molecule has 2 atom stereocenters. The fourth-order valence-electron chi connectivity index (χ4n) is 2.91. The molecule has 0 heterocycles. The highest BCUT2D eigenvalue weighted by Crippen LogP contribution is 2.39. The lowest BCUT2D eigenvalue weighted by molar-refractivity contribution is -0.151. The van der Waals surface area contributed by atoms with Crippen LogP contribution in [-0.2, 0) is 9.53 Å². The number of hydrogen-bond acceptors (Lipinski definition) is 3. The normalized spacial score (nSPS) is 21.6. The van der Waals surface area contributed by atoms with Gasteiger partial charge in [-0.3, -0.25) is 4.79 Å². The Balaban J connectivity index is 2.20. The largest absolute Gasteiger partial charge is 0.489 e. The Morgan fingerprint density at radius 3 is 2.86 bits per heavy atom. The van der Waals surface area contributed by atoms with Gasteiger partial charge in [-0.2, -0.15) is 0 Å². The van der Waals surface area contributed by atoms with Crippen LogP contribution in [0.3, 0.4) is 0 Å². The molecule has 1 aliphatic rings. The summed E-state index contributed by atoms with van der Waals surface area (Å²) in [6.07, 6.45) is 6.40. The standard InChI is InChI=1S/C18H24O3/c1-3-13-20-16-11-7-5-9-14(16)15-10-6-8-12-17(15)21-18(19)4-2/h3,5,7,9,11,15,17H,1,4,6,8,10,12-13H2,2H3/t15-,17+/m0/s1.